The minimum atomic E-state index is -3.77. The molecule has 12 heteroatoms. The van der Waals surface area contributed by atoms with Crippen molar-refractivity contribution in [2.24, 2.45) is 5.41 Å². The first-order valence-electron chi connectivity index (χ1n) is 14.3. The smallest absolute Gasteiger partial charge is 0.309 e. The lowest BCUT2D eigenvalue weighted by atomic mass is 9.77. The number of carbonyl (C=O) groups is 2. The number of nitrogens with one attached hydrogen (secondary N) is 1. The molecule has 230 valence electrons. The molecule has 0 aromatic carbocycles. The van der Waals surface area contributed by atoms with Crippen LogP contribution in [0.3, 0.4) is 0 Å². The summed E-state index contributed by atoms with van der Waals surface area (Å²) in [4.78, 5) is 29.6. The minimum Gasteiger partial charge on any atom is -0.481 e. The van der Waals surface area contributed by atoms with Crippen LogP contribution in [0.1, 0.15) is 80.5 Å². The van der Waals surface area contributed by atoms with Gasteiger partial charge in [-0.05, 0) is 76.0 Å². The van der Waals surface area contributed by atoms with Crippen LogP contribution in [0.5, 0.6) is 0 Å². The first-order valence-corrected chi connectivity index (χ1v) is 16.1. The highest BCUT2D eigenvalue weighted by molar-refractivity contribution is 7.92. The van der Waals surface area contributed by atoms with Crippen LogP contribution in [0.4, 0.5) is 5.82 Å². The zero-order valence-corrected chi connectivity index (χ0v) is 25.8. The number of carboxylic acid groups (broad SMARTS) is 1. The third-order valence-electron chi connectivity index (χ3n) is 7.89. The number of furan rings is 1. The Balaban J connectivity index is 1.65. The van der Waals surface area contributed by atoms with Crippen molar-refractivity contribution in [1.82, 2.24) is 10.3 Å². The van der Waals surface area contributed by atoms with Gasteiger partial charge in [0.15, 0.2) is 0 Å². The molecule has 2 fully saturated rings. The predicted octanol–water partition coefficient (Wildman–Crippen LogP) is 4.49. The predicted molar refractivity (Wildman–Crippen MR) is 160 cm³/mol. The Morgan fingerprint density at radius 1 is 1.19 bits per heavy atom. The fraction of sp³-hybridized carbons (Fsp3) is 0.567. The van der Waals surface area contributed by atoms with Gasteiger partial charge in [0.2, 0.25) is 15.7 Å². The van der Waals surface area contributed by atoms with E-state index in [0.717, 1.165) is 35.8 Å². The van der Waals surface area contributed by atoms with Crippen LogP contribution in [-0.4, -0.2) is 76.7 Å². The number of fused-ring (bicyclic) bond motifs is 1. The lowest BCUT2D eigenvalue weighted by molar-refractivity contribution is -0.156. The van der Waals surface area contributed by atoms with Gasteiger partial charge in [0.1, 0.15) is 11.6 Å². The maximum Gasteiger partial charge on any atom is 0.309 e. The summed E-state index contributed by atoms with van der Waals surface area (Å²) < 4.78 is 44.5. The van der Waals surface area contributed by atoms with Crippen molar-refractivity contribution in [1.29, 1.82) is 0 Å². The van der Waals surface area contributed by atoms with E-state index in [9.17, 15) is 23.1 Å². The van der Waals surface area contributed by atoms with E-state index in [1.54, 1.807) is 7.05 Å². The van der Waals surface area contributed by atoms with E-state index in [4.69, 9.17) is 18.9 Å². The Kier molecular flexibility index (Phi) is 9.79. The van der Waals surface area contributed by atoms with Crippen molar-refractivity contribution < 1.29 is 37.0 Å². The number of hydrogen-bond acceptors (Lipinski definition) is 8. The molecule has 4 rings (SSSR count). The Bertz CT molecular complexity index is 1490. The van der Waals surface area contributed by atoms with Gasteiger partial charge in [0, 0.05) is 26.9 Å². The summed E-state index contributed by atoms with van der Waals surface area (Å²) in [6, 6.07) is 1.84. The summed E-state index contributed by atoms with van der Waals surface area (Å²) >= 11 is 0. The standard InChI is InChI=1S/C30H41N3O8S/c1-19(2)6-7-20(3)25-24(27(34)31-4)23-18-22(21-8-9-21)26(32-28(23)41-25)33(42(5,37)38)13-17-40-16-12-30(29(35)36)10-14-39-15-11-30/h6-7,18,21H,8-17H2,1-5H3,(H,31,34)(H,35,36). The number of aliphatic carboxylic acids is 1. The Morgan fingerprint density at radius 3 is 2.45 bits per heavy atom. The maximum absolute atomic E-state index is 13.0. The zero-order valence-electron chi connectivity index (χ0n) is 25.0. The second kappa shape index (κ2) is 13.0. The first-order chi connectivity index (χ1) is 19.9. The van der Waals surface area contributed by atoms with Gasteiger partial charge in [0.05, 0.1) is 35.8 Å². The highest BCUT2D eigenvalue weighted by Gasteiger charge is 2.40. The van der Waals surface area contributed by atoms with Crippen molar-refractivity contribution in [3.8, 4) is 0 Å². The van der Waals surface area contributed by atoms with Crippen LogP contribution in [0.2, 0.25) is 0 Å². The third kappa shape index (κ3) is 7.04. The highest BCUT2D eigenvalue weighted by atomic mass is 32.2. The fourth-order valence-electron chi connectivity index (χ4n) is 5.20. The van der Waals surface area contributed by atoms with Crippen molar-refractivity contribution in [2.45, 2.75) is 58.8 Å². The molecule has 0 bridgehead atoms. The van der Waals surface area contributed by atoms with Crippen LogP contribution in [0.25, 0.3) is 16.7 Å². The van der Waals surface area contributed by atoms with Crippen LogP contribution in [-0.2, 0) is 24.3 Å². The highest BCUT2D eigenvalue weighted by Crippen LogP contribution is 2.46. The third-order valence-corrected chi connectivity index (χ3v) is 9.05. The number of amides is 1. The second-order valence-corrected chi connectivity index (χ2v) is 13.3. The summed E-state index contributed by atoms with van der Waals surface area (Å²) in [5, 5.41) is 13.0. The van der Waals surface area contributed by atoms with Gasteiger partial charge in [-0.25, -0.2) is 8.42 Å². The molecule has 1 saturated carbocycles. The Morgan fingerprint density at radius 2 is 1.88 bits per heavy atom. The van der Waals surface area contributed by atoms with E-state index in [1.807, 2.05) is 39.0 Å². The lowest BCUT2D eigenvalue weighted by Crippen LogP contribution is -2.38. The number of anilines is 1. The van der Waals surface area contributed by atoms with Crippen molar-refractivity contribution >= 4 is 44.4 Å². The average molecular weight is 604 g/mol. The van der Waals surface area contributed by atoms with E-state index in [-0.39, 0.29) is 43.1 Å². The molecule has 0 atom stereocenters. The van der Waals surface area contributed by atoms with Crippen LogP contribution in [0.15, 0.2) is 28.2 Å². The molecule has 0 radical (unpaired) electrons. The zero-order chi connectivity index (χ0) is 30.7. The molecule has 11 nitrogen and oxygen atoms in total. The van der Waals surface area contributed by atoms with Gasteiger partial charge in [-0.3, -0.25) is 13.9 Å². The van der Waals surface area contributed by atoms with Gasteiger partial charge < -0.3 is 24.3 Å². The van der Waals surface area contributed by atoms with Gasteiger partial charge in [-0.1, -0.05) is 17.7 Å². The van der Waals surface area contributed by atoms with E-state index >= 15 is 0 Å². The van der Waals surface area contributed by atoms with Crippen LogP contribution >= 0.6 is 0 Å². The summed E-state index contributed by atoms with van der Waals surface area (Å²) in [5.74, 6) is -0.426. The largest absolute Gasteiger partial charge is 0.481 e. The van der Waals surface area contributed by atoms with Crippen molar-refractivity contribution in [3.05, 3.63) is 40.7 Å². The topological polar surface area (TPSA) is 148 Å². The molecule has 2 aromatic rings. The molecule has 3 heterocycles. The summed E-state index contributed by atoms with van der Waals surface area (Å²) in [6.07, 6.45) is 7.84. The number of allylic oxidation sites excluding steroid dienone is 4. The lowest BCUT2D eigenvalue weighted by Gasteiger charge is -2.33. The molecule has 1 aliphatic carbocycles. The molecule has 2 N–H and O–H groups in total. The number of carboxylic acids is 1. The number of hydrogen-bond donors (Lipinski definition) is 2. The SMILES string of the molecule is CNC(=O)c1c(C(C)=CC=C(C)C)oc2nc(N(CCOCCC3(C(=O)O)CCOCC3)S(C)(=O)=O)c(C3CC3)cc12. The summed E-state index contributed by atoms with van der Waals surface area (Å²) in [5.41, 5.74) is 2.20. The van der Waals surface area contributed by atoms with Crippen LogP contribution < -0.4 is 9.62 Å². The van der Waals surface area contributed by atoms with E-state index < -0.39 is 21.4 Å². The second-order valence-electron chi connectivity index (χ2n) is 11.4. The number of aromatic nitrogens is 1. The number of carbonyl (C=O) groups excluding carboxylic acids is 1. The van der Waals surface area contributed by atoms with Gasteiger partial charge in [-0.15, -0.1) is 0 Å². The van der Waals surface area contributed by atoms with E-state index in [0.29, 0.717) is 49.2 Å². The molecule has 1 amide bonds. The molecule has 0 spiro atoms. The van der Waals surface area contributed by atoms with Gasteiger partial charge in [0.25, 0.3) is 5.91 Å². The molecule has 2 aliphatic rings. The van der Waals surface area contributed by atoms with Crippen LogP contribution in [0, 0.1) is 5.41 Å². The molecule has 42 heavy (non-hydrogen) atoms. The summed E-state index contributed by atoms with van der Waals surface area (Å²) in [6.45, 7) is 6.81. The van der Waals surface area contributed by atoms with E-state index in [1.165, 1.54) is 4.31 Å². The van der Waals surface area contributed by atoms with Gasteiger partial charge in [-0.2, -0.15) is 4.98 Å². The van der Waals surface area contributed by atoms with Crippen molar-refractivity contribution in [3.63, 3.8) is 0 Å². The number of ether oxygens (including phenoxy) is 2. The van der Waals surface area contributed by atoms with Crippen molar-refractivity contribution in [2.75, 3.05) is 50.6 Å². The number of pyridine rings is 1. The van der Waals surface area contributed by atoms with Gasteiger partial charge >= 0.3 is 5.97 Å². The van der Waals surface area contributed by atoms with E-state index in [2.05, 4.69) is 5.32 Å². The quantitative estimate of drug-likeness (QED) is 0.250. The molecule has 2 aromatic heterocycles. The summed E-state index contributed by atoms with van der Waals surface area (Å²) in [7, 11) is -2.22. The number of nitrogens with zero attached hydrogens (tertiary/aromatic N) is 2. The number of rotatable bonds is 13. The minimum absolute atomic E-state index is 0.00435. The normalized spacial score (nSPS) is 17.2. The molecule has 0 unspecified atom stereocenters. The molecular formula is C30H41N3O8S. The maximum atomic E-state index is 13.0. The molecular weight excluding hydrogens is 562 g/mol. The molecule has 1 saturated heterocycles. The monoisotopic (exact) mass is 603 g/mol. The Labute approximate surface area is 247 Å². The fourth-order valence-corrected chi connectivity index (χ4v) is 6.06. The average Bonchev–Trinajstić information content (AvgIpc) is 3.72. The molecule has 1 aliphatic heterocycles. The Hall–Kier alpha value is -3.22. The number of sulfonamides is 1. The first kappa shape index (κ1) is 31.7.